The average molecular weight is 378 g/mol. The molecule has 0 unspecified atom stereocenters. The van der Waals surface area contributed by atoms with Crippen LogP contribution >= 0.6 is 0 Å². The van der Waals surface area contributed by atoms with E-state index in [-0.39, 0.29) is 5.91 Å². The van der Waals surface area contributed by atoms with Crippen LogP contribution in [-0.2, 0) is 6.42 Å². The van der Waals surface area contributed by atoms with Gasteiger partial charge in [-0.1, -0.05) is 25.3 Å². The van der Waals surface area contributed by atoms with Crippen molar-refractivity contribution in [2.75, 3.05) is 0 Å². The smallest absolute Gasteiger partial charge is 0.252 e. The van der Waals surface area contributed by atoms with E-state index in [9.17, 15) is 4.79 Å². The van der Waals surface area contributed by atoms with Gasteiger partial charge in [-0.2, -0.15) is 10.1 Å². The highest BCUT2D eigenvalue weighted by molar-refractivity contribution is 5.78. The van der Waals surface area contributed by atoms with Crippen LogP contribution in [0.25, 0.3) is 5.78 Å². The molecule has 0 aromatic carbocycles. The van der Waals surface area contributed by atoms with Gasteiger partial charge in [-0.25, -0.2) is 9.50 Å². The van der Waals surface area contributed by atoms with Gasteiger partial charge in [0.25, 0.3) is 5.78 Å². The first kappa shape index (κ1) is 18.5. The van der Waals surface area contributed by atoms with Crippen molar-refractivity contribution in [2.45, 2.75) is 64.8 Å². The Labute approximate surface area is 164 Å². The standard InChI is InChI=1S/C21H26N6O/c1-15-18(16(2)27-21(24-15)22-14-23-27)11-12-20(28)26-13-7-6-10-19(26)25-17-8-4-3-5-9-17/h6-7,10,13-14,17H,3-5,8-9,11-12H2,1-2H3. The molecule has 1 fully saturated rings. The summed E-state index contributed by atoms with van der Waals surface area (Å²) in [4.78, 5) is 26.5. The Morgan fingerprint density at radius 3 is 2.86 bits per heavy atom. The predicted molar refractivity (Wildman–Crippen MR) is 106 cm³/mol. The van der Waals surface area contributed by atoms with Crippen LogP contribution in [0.3, 0.4) is 0 Å². The fourth-order valence-electron chi connectivity index (χ4n) is 4.02. The lowest BCUT2D eigenvalue weighted by Gasteiger charge is -2.18. The van der Waals surface area contributed by atoms with Crippen LogP contribution in [0.15, 0.2) is 35.7 Å². The molecule has 0 saturated heterocycles. The molecule has 28 heavy (non-hydrogen) atoms. The number of nitrogens with zero attached hydrogens (tertiary/aromatic N) is 6. The lowest BCUT2D eigenvalue weighted by Crippen LogP contribution is -2.29. The first-order valence-corrected chi connectivity index (χ1v) is 10.0. The van der Waals surface area contributed by atoms with Crippen LogP contribution in [0.5, 0.6) is 0 Å². The van der Waals surface area contributed by atoms with E-state index >= 15 is 0 Å². The van der Waals surface area contributed by atoms with Gasteiger partial charge in [-0.3, -0.25) is 14.4 Å². The van der Waals surface area contributed by atoms with Crippen molar-refractivity contribution in [1.29, 1.82) is 0 Å². The molecule has 0 N–H and O–H groups in total. The normalized spacial score (nSPS) is 16.0. The Morgan fingerprint density at radius 1 is 1.21 bits per heavy atom. The first-order chi connectivity index (χ1) is 13.6. The number of hydrogen-bond acceptors (Lipinski definition) is 5. The van der Waals surface area contributed by atoms with Crippen LogP contribution in [0, 0.1) is 13.8 Å². The van der Waals surface area contributed by atoms with Crippen molar-refractivity contribution in [2.24, 2.45) is 4.99 Å². The Kier molecular flexibility index (Phi) is 5.32. The lowest BCUT2D eigenvalue weighted by molar-refractivity contribution is 0.0897. The Bertz CT molecular complexity index is 1060. The van der Waals surface area contributed by atoms with Gasteiger partial charge in [0.15, 0.2) is 0 Å². The number of carbonyl (C=O) groups is 1. The molecule has 146 valence electrons. The Balaban J connectivity index is 1.56. The monoisotopic (exact) mass is 378 g/mol. The molecule has 0 atom stereocenters. The molecule has 0 spiro atoms. The van der Waals surface area contributed by atoms with Crippen LogP contribution in [0.4, 0.5) is 0 Å². The first-order valence-electron chi connectivity index (χ1n) is 10.0. The molecule has 3 heterocycles. The molecule has 4 rings (SSSR count). The van der Waals surface area contributed by atoms with Crippen molar-refractivity contribution in [3.05, 3.63) is 53.2 Å². The molecule has 7 nitrogen and oxygen atoms in total. The number of carbonyl (C=O) groups excluding carboxylic acids is 1. The third-order valence-corrected chi connectivity index (χ3v) is 5.57. The third kappa shape index (κ3) is 3.74. The summed E-state index contributed by atoms with van der Waals surface area (Å²) in [5, 5.41) is 4.22. The highest BCUT2D eigenvalue weighted by Crippen LogP contribution is 2.19. The zero-order chi connectivity index (χ0) is 19.5. The molecular weight excluding hydrogens is 352 g/mol. The van der Waals surface area contributed by atoms with Gasteiger partial charge in [0.05, 0.1) is 6.04 Å². The Morgan fingerprint density at radius 2 is 2.04 bits per heavy atom. The molecule has 7 heteroatoms. The van der Waals surface area contributed by atoms with Gasteiger partial charge in [0, 0.05) is 24.0 Å². The number of aryl methyl sites for hydroxylation is 2. The molecule has 0 amide bonds. The van der Waals surface area contributed by atoms with Crippen molar-refractivity contribution >= 4 is 11.7 Å². The number of hydrogen-bond donors (Lipinski definition) is 0. The van der Waals surface area contributed by atoms with E-state index in [1.807, 2.05) is 38.2 Å². The SMILES string of the molecule is Cc1nc2ncnn2c(C)c1CCC(=O)n1ccccc1=NC1CCCCC1. The van der Waals surface area contributed by atoms with Gasteiger partial charge in [-0.15, -0.1) is 0 Å². The maximum absolute atomic E-state index is 13.0. The van der Waals surface area contributed by atoms with Crippen molar-refractivity contribution in [3.63, 3.8) is 0 Å². The largest absolute Gasteiger partial charge is 0.274 e. The van der Waals surface area contributed by atoms with E-state index in [0.29, 0.717) is 24.7 Å². The lowest BCUT2D eigenvalue weighted by atomic mass is 9.96. The topological polar surface area (TPSA) is 77.4 Å². The fourth-order valence-corrected chi connectivity index (χ4v) is 4.02. The van der Waals surface area contributed by atoms with E-state index in [4.69, 9.17) is 4.99 Å². The number of aromatic nitrogens is 5. The summed E-state index contributed by atoms with van der Waals surface area (Å²) in [6.07, 6.45) is 10.3. The highest BCUT2D eigenvalue weighted by atomic mass is 16.2. The number of pyridine rings is 1. The van der Waals surface area contributed by atoms with Crippen molar-refractivity contribution in [3.8, 4) is 0 Å². The van der Waals surface area contributed by atoms with Crippen LogP contribution < -0.4 is 5.49 Å². The third-order valence-electron chi connectivity index (χ3n) is 5.57. The summed E-state index contributed by atoms with van der Waals surface area (Å²) < 4.78 is 3.42. The number of rotatable bonds is 4. The minimum atomic E-state index is 0.0487. The summed E-state index contributed by atoms with van der Waals surface area (Å²) in [6.45, 7) is 3.96. The molecule has 0 radical (unpaired) electrons. The van der Waals surface area contributed by atoms with Crippen molar-refractivity contribution < 1.29 is 4.79 Å². The van der Waals surface area contributed by atoms with Crippen molar-refractivity contribution in [1.82, 2.24) is 24.1 Å². The van der Waals surface area contributed by atoms with Crippen LogP contribution in [0.2, 0.25) is 0 Å². The average Bonchev–Trinajstić information content (AvgIpc) is 3.17. The van der Waals surface area contributed by atoms with E-state index < -0.39 is 0 Å². The summed E-state index contributed by atoms with van der Waals surface area (Å²) in [5.41, 5.74) is 3.69. The number of fused-ring (bicyclic) bond motifs is 1. The zero-order valence-corrected chi connectivity index (χ0v) is 16.5. The van der Waals surface area contributed by atoms with Gasteiger partial charge in [-0.05, 0) is 50.8 Å². The Hall–Kier alpha value is -2.83. The maximum Gasteiger partial charge on any atom is 0.252 e. The summed E-state index contributed by atoms with van der Waals surface area (Å²) in [7, 11) is 0. The van der Waals surface area contributed by atoms with Gasteiger partial charge in [0.1, 0.15) is 11.8 Å². The van der Waals surface area contributed by atoms with Gasteiger partial charge < -0.3 is 0 Å². The molecular formula is C21H26N6O. The van der Waals surface area contributed by atoms with E-state index in [2.05, 4.69) is 15.1 Å². The molecule has 1 saturated carbocycles. The minimum absolute atomic E-state index is 0.0487. The predicted octanol–water partition coefficient (Wildman–Crippen LogP) is 3.05. The zero-order valence-electron chi connectivity index (χ0n) is 16.5. The van der Waals surface area contributed by atoms with E-state index in [1.165, 1.54) is 25.6 Å². The fraction of sp³-hybridized carbons (Fsp3) is 0.476. The van der Waals surface area contributed by atoms with Crippen LogP contribution in [0.1, 0.15) is 60.3 Å². The minimum Gasteiger partial charge on any atom is -0.274 e. The quantitative estimate of drug-likeness (QED) is 0.699. The second kappa shape index (κ2) is 8.04. The summed E-state index contributed by atoms with van der Waals surface area (Å²) in [5.74, 6) is 0.642. The second-order valence-electron chi connectivity index (χ2n) is 7.48. The van der Waals surface area contributed by atoms with Gasteiger partial charge >= 0.3 is 0 Å². The van der Waals surface area contributed by atoms with Crippen LogP contribution in [-0.4, -0.2) is 36.1 Å². The maximum atomic E-state index is 13.0. The van der Waals surface area contributed by atoms with E-state index in [1.54, 1.807) is 9.08 Å². The molecule has 3 aromatic rings. The molecule has 0 bridgehead atoms. The highest BCUT2D eigenvalue weighted by Gasteiger charge is 2.15. The molecule has 0 aliphatic heterocycles. The molecule has 1 aliphatic rings. The van der Waals surface area contributed by atoms with E-state index in [0.717, 1.165) is 35.3 Å². The van der Waals surface area contributed by atoms with Gasteiger partial charge in [0.2, 0.25) is 5.91 Å². The molecule has 3 aromatic heterocycles. The summed E-state index contributed by atoms with van der Waals surface area (Å²) >= 11 is 0. The summed E-state index contributed by atoms with van der Waals surface area (Å²) in [6, 6.07) is 6.10. The molecule has 1 aliphatic carbocycles. The second-order valence-corrected chi connectivity index (χ2v) is 7.48.